The second-order valence-corrected chi connectivity index (χ2v) is 35.5. The smallest absolute Gasteiger partial charge is 0.0713 e. The number of benzene rings is 14. The van der Waals surface area contributed by atoms with Crippen LogP contribution in [0.25, 0.3) is 55.6 Å². The first-order chi connectivity index (χ1) is 59.1. The zero-order valence-corrected chi connectivity index (χ0v) is 72.6. The predicted molar refractivity (Wildman–Crippen MR) is 513 cm³/mol. The summed E-state index contributed by atoms with van der Waals surface area (Å²) in [4.78, 5) is 2.50. The number of nitrogens with zero attached hydrogens (tertiary/aromatic N) is 1. The Labute approximate surface area is 719 Å². The van der Waals surface area contributed by atoms with Crippen LogP contribution in [0.3, 0.4) is 0 Å². The quantitative estimate of drug-likeness (QED) is 0.0354. The van der Waals surface area contributed by atoms with Crippen LogP contribution in [0.1, 0.15) is 269 Å². The van der Waals surface area contributed by atoms with Gasteiger partial charge in [-0.2, -0.15) is 0 Å². The number of rotatable bonds is 36. The van der Waals surface area contributed by atoms with Crippen LogP contribution in [-0.4, -0.2) is 0 Å². The molecule has 0 N–H and O–H groups in total. The van der Waals surface area contributed by atoms with E-state index in [9.17, 15) is 0 Å². The van der Waals surface area contributed by atoms with Crippen LogP contribution in [-0.2, 0) is 48.3 Å². The van der Waals surface area contributed by atoms with Gasteiger partial charge in [-0.3, -0.25) is 0 Å². The van der Waals surface area contributed by atoms with Crippen molar-refractivity contribution in [3.05, 3.63) is 421 Å². The lowest BCUT2D eigenvalue weighted by atomic mass is 9.67. The van der Waals surface area contributed by atoms with Gasteiger partial charge in [0.2, 0.25) is 0 Å². The molecule has 1 nitrogen and oxygen atoms in total. The number of anilines is 3. The number of hydrogen-bond acceptors (Lipinski definition) is 1. The Kier molecular flexibility index (Phi) is 24.9. The maximum Gasteiger partial charge on any atom is 0.0713 e. The van der Waals surface area contributed by atoms with Crippen molar-refractivity contribution in [2.45, 2.75) is 225 Å². The predicted octanol–water partition coefficient (Wildman–Crippen LogP) is 32.8. The summed E-state index contributed by atoms with van der Waals surface area (Å²) >= 11 is 0. The number of unbranched alkanes of at least 4 members (excludes halogenated alkanes) is 15. The minimum atomic E-state index is -0.552. The molecule has 120 heavy (non-hydrogen) atoms. The molecule has 17 rings (SSSR count). The molecule has 0 heterocycles. The largest absolute Gasteiger partial charge is 0.311 e. The lowest BCUT2D eigenvalue weighted by molar-refractivity contribution is 0.666. The second-order valence-electron chi connectivity index (χ2n) is 35.5. The Morgan fingerprint density at radius 1 is 0.192 bits per heavy atom. The Morgan fingerprint density at radius 3 is 0.700 bits per heavy atom. The first-order valence-electron chi connectivity index (χ1n) is 46.4. The third kappa shape index (κ3) is 15.6. The Bertz CT molecular complexity index is 5380. The molecule has 1 heteroatoms. The molecule has 0 saturated carbocycles. The molecule has 0 aliphatic heterocycles. The van der Waals surface area contributed by atoms with Gasteiger partial charge in [-0.25, -0.2) is 0 Å². The first-order valence-corrected chi connectivity index (χ1v) is 46.4. The van der Waals surface area contributed by atoms with Crippen molar-refractivity contribution in [3.63, 3.8) is 0 Å². The summed E-state index contributed by atoms with van der Waals surface area (Å²) in [7, 11) is 0. The molecular weight excluding hydrogens is 1440 g/mol. The summed E-state index contributed by atoms with van der Waals surface area (Å²) < 4.78 is 0. The van der Waals surface area contributed by atoms with Crippen molar-refractivity contribution >= 4 is 17.1 Å². The molecule has 0 aromatic heterocycles. The topological polar surface area (TPSA) is 3.24 Å². The number of aryl methyl sites for hydroxylation is 7. The van der Waals surface area contributed by atoms with Crippen LogP contribution in [0.15, 0.2) is 315 Å². The van der Waals surface area contributed by atoms with E-state index >= 15 is 0 Å². The molecule has 0 bridgehead atoms. The number of hydrogen-bond donors (Lipinski definition) is 0. The molecule has 0 unspecified atom stereocenters. The molecule has 0 spiro atoms. The minimum absolute atomic E-state index is 0.526. The van der Waals surface area contributed by atoms with Gasteiger partial charge in [-0.05, 0) is 277 Å². The van der Waals surface area contributed by atoms with E-state index in [1.807, 2.05) is 0 Å². The van der Waals surface area contributed by atoms with E-state index in [4.69, 9.17) is 0 Å². The van der Waals surface area contributed by atoms with Gasteiger partial charge in [0.05, 0.1) is 16.2 Å². The van der Waals surface area contributed by atoms with Gasteiger partial charge in [-0.15, -0.1) is 0 Å². The average Bonchev–Trinajstić information content (AvgIpc) is 1.54. The van der Waals surface area contributed by atoms with Crippen LogP contribution in [0.5, 0.6) is 0 Å². The second kappa shape index (κ2) is 36.8. The van der Waals surface area contributed by atoms with Crippen molar-refractivity contribution in [3.8, 4) is 55.6 Å². The van der Waals surface area contributed by atoms with Crippen LogP contribution in [0.4, 0.5) is 17.1 Å². The zero-order chi connectivity index (χ0) is 82.0. The van der Waals surface area contributed by atoms with Crippen molar-refractivity contribution < 1.29 is 0 Å². The normalized spacial score (nSPS) is 13.5. The van der Waals surface area contributed by atoms with Gasteiger partial charge in [0.1, 0.15) is 0 Å². The molecule has 3 aliphatic carbocycles. The third-order valence-electron chi connectivity index (χ3n) is 27.5. The maximum absolute atomic E-state index is 2.55. The highest BCUT2D eigenvalue weighted by Gasteiger charge is 2.50. The van der Waals surface area contributed by atoms with E-state index in [0.717, 1.165) is 49.2 Å². The van der Waals surface area contributed by atoms with Crippen LogP contribution < -0.4 is 4.90 Å². The molecular formula is C119H123N. The maximum atomic E-state index is 2.55. The van der Waals surface area contributed by atoms with Gasteiger partial charge in [0.25, 0.3) is 0 Å². The van der Waals surface area contributed by atoms with Crippen LogP contribution in [0, 0.1) is 13.8 Å². The standard InChI is InChI=1S/C119H123N/c1-8-13-18-23-32-87-43-59-96(60-44-87)117(97-61-45-88(46-62-97)33-24-19-14-9-2)111-39-30-28-37-105(111)109-79-57-94(83-115(109)117)92-53-71-102(72-54-92)120(104-75-69-101(70-76-104)119(100-67-51-91(52-68-100)36-27-22-17-12-5)113-81-85(6)41-77-107(113)108-78-42-86(7)82-114(108)119)103-73-55-93(56-74-103)95-58-80-110-106-38-29-31-40-112(106)118(116(110)84-95,98-63-47-89(48-64-98)34-25-20-15-10-3)99-65-49-90(50-66-99)35-26-21-16-11-4/h28-31,37-84H,8-27,32-36H2,1-7H3. The third-order valence-corrected chi connectivity index (χ3v) is 27.5. The fourth-order valence-electron chi connectivity index (χ4n) is 21.1. The molecule has 0 radical (unpaired) electrons. The van der Waals surface area contributed by atoms with E-state index in [1.165, 1.54) is 290 Å². The minimum Gasteiger partial charge on any atom is -0.311 e. The molecule has 0 saturated heterocycles. The Balaban J connectivity index is 0.786. The summed E-state index contributed by atoms with van der Waals surface area (Å²) in [5.74, 6) is 0. The molecule has 3 aliphatic rings. The molecule has 0 fully saturated rings. The van der Waals surface area contributed by atoms with Crippen molar-refractivity contribution in [1.82, 2.24) is 0 Å². The van der Waals surface area contributed by atoms with Crippen molar-refractivity contribution in [2.24, 2.45) is 0 Å². The summed E-state index contributed by atoms with van der Waals surface area (Å²) in [6.45, 7) is 16.1. The summed E-state index contributed by atoms with van der Waals surface area (Å²) in [6.07, 6.45) is 30.7. The van der Waals surface area contributed by atoms with Gasteiger partial charge in [0, 0.05) is 17.1 Å². The van der Waals surface area contributed by atoms with Crippen LogP contribution >= 0.6 is 0 Å². The number of fused-ring (bicyclic) bond motifs is 9. The molecule has 604 valence electrons. The van der Waals surface area contributed by atoms with Gasteiger partial charge >= 0.3 is 0 Å². The van der Waals surface area contributed by atoms with Gasteiger partial charge < -0.3 is 4.90 Å². The van der Waals surface area contributed by atoms with E-state index in [2.05, 4.69) is 369 Å². The monoisotopic (exact) mass is 1570 g/mol. The highest BCUT2D eigenvalue weighted by Crippen LogP contribution is 2.61. The lowest BCUT2D eigenvalue weighted by Gasteiger charge is -2.35. The molecule has 0 amide bonds. The van der Waals surface area contributed by atoms with E-state index in [-0.39, 0.29) is 0 Å². The van der Waals surface area contributed by atoms with Gasteiger partial charge in [-0.1, -0.05) is 409 Å². The fraction of sp³-hybridized carbons (Fsp3) is 0.294. The summed E-state index contributed by atoms with van der Waals surface area (Å²) in [6, 6.07) is 125. The Morgan fingerprint density at radius 2 is 0.417 bits per heavy atom. The Hall–Kier alpha value is -11.1. The highest BCUT2D eigenvalue weighted by molar-refractivity contribution is 5.92. The van der Waals surface area contributed by atoms with E-state index < -0.39 is 16.2 Å². The molecule has 14 aromatic rings. The van der Waals surface area contributed by atoms with E-state index in [1.54, 1.807) is 0 Å². The lowest BCUT2D eigenvalue weighted by Crippen LogP contribution is -2.29. The first kappa shape index (κ1) is 81.3. The SMILES string of the molecule is CCCCCCc1ccc(C2(c3ccc(N(c4ccc(-c5ccc6c(c5)C(c5ccc(CCCCCC)cc5)(c5ccc(CCCCCC)cc5)c5ccccc5-6)cc4)c4ccc(-c5ccc6c(c5)C(c5ccc(CCCCCC)cc5)(c5ccc(CCCCCC)cc5)c5ccccc5-6)cc4)cc3)c3cc(C)ccc3-c3ccc(C)cc32)cc1. The molecule has 14 aromatic carbocycles. The van der Waals surface area contributed by atoms with Crippen LogP contribution in [0.2, 0.25) is 0 Å². The summed E-state index contributed by atoms with van der Waals surface area (Å²) in [5, 5.41) is 0. The van der Waals surface area contributed by atoms with Crippen molar-refractivity contribution in [2.75, 3.05) is 4.90 Å². The van der Waals surface area contributed by atoms with E-state index in [0.29, 0.717) is 0 Å². The van der Waals surface area contributed by atoms with Gasteiger partial charge in [0.15, 0.2) is 0 Å². The molecule has 0 atom stereocenters. The average molecular weight is 1570 g/mol. The highest BCUT2D eigenvalue weighted by atomic mass is 15.1. The summed E-state index contributed by atoms with van der Waals surface area (Å²) in [5.41, 5.74) is 39.9. The fourth-order valence-corrected chi connectivity index (χ4v) is 21.1. The van der Waals surface area contributed by atoms with Crippen molar-refractivity contribution in [1.29, 1.82) is 0 Å². The zero-order valence-electron chi connectivity index (χ0n) is 72.6.